The average Bonchev–Trinajstić information content (AvgIpc) is 3.28. The van der Waals surface area contributed by atoms with Crippen molar-refractivity contribution in [2.75, 3.05) is 31.1 Å². The first-order chi connectivity index (χ1) is 14.0. The molecule has 3 heterocycles. The van der Waals surface area contributed by atoms with Crippen LogP contribution in [0, 0.1) is 10.1 Å². The molecular formula is C20H18N4O4S. The van der Waals surface area contributed by atoms with Crippen molar-refractivity contribution in [1.82, 2.24) is 9.88 Å². The van der Waals surface area contributed by atoms with Crippen LogP contribution in [0.1, 0.15) is 10.4 Å². The van der Waals surface area contributed by atoms with Crippen LogP contribution in [0.2, 0.25) is 0 Å². The van der Waals surface area contributed by atoms with Gasteiger partial charge < -0.3 is 14.8 Å². The van der Waals surface area contributed by atoms with Crippen LogP contribution >= 0.6 is 11.3 Å². The number of hydrogen-bond acceptors (Lipinski definition) is 6. The second-order valence-corrected chi connectivity index (χ2v) is 7.56. The van der Waals surface area contributed by atoms with Gasteiger partial charge in [-0.2, -0.15) is 0 Å². The summed E-state index contributed by atoms with van der Waals surface area (Å²) < 4.78 is 0. The average molecular weight is 410 g/mol. The van der Waals surface area contributed by atoms with Gasteiger partial charge in [-0.25, -0.2) is 0 Å². The molecule has 0 radical (unpaired) electrons. The number of carbonyl (C=O) groups is 1. The molecule has 1 aliphatic heterocycles. The Bertz CT molecular complexity index is 1100. The van der Waals surface area contributed by atoms with Crippen molar-refractivity contribution in [3.8, 4) is 10.6 Å². The number of thiophene rings is 1. The van der Waals surface area contributed by atoms with E-state index >= 15 is 0 Å². The van der Waals surface area contributed by atoms with Gasteiger partial charge in [-0.15, -0.1) is 11.3 Å². The van der Waals surface area contributed by atoms with Crippen LogP contribution in [0.25, 0.3) is 10.6 Å². The van der Waals surface area contributed by atoms with E-state index in [1.165, 1.54) is 17.4 Å². The smallest absolute Gasteiger partial charge is 0.292 e. The first-order valence-corrected chi connectivity index (χ1v) is 9.97. The number of para-hydroxylation sites is 2. The molecule has 0 unspecified atom stereocenters. The molecule has 8 nitrogen and oxygen atoms in total. The molecule has 0 saturated carbocycles. The Labute approximate surface area is 170 Å². The maximum atomic E-state index is 12.8. The number of nitro groups is 1. The SMILES string of the molecule is O=C(c1ccc(-c2cccs2)[nH]c1=O)N1CCN(c2ccccc2[N+](=O)[O-])CC1. The number of H-pyrrole nitrogens is 1. The standard InChI is InChI=1S/C20H18N4O4S/c25-19-14(7-8-15(21-19)18-6-3-13-29-18)20(26)23-11-9-22(10-12-23)16-4-1-2-5-17(16)24(27)28/h1-8,13H,9-12H2,(H,21,25). The number of benzene rings is 1. The molecule has 1 saturated heterocycles. The van der Waals surface area contributed by atoms with Gasteiger partial charge in [0.05, 0.1) is 15.5 Å². The third-order valence-corrected chi connectivity index (χ3v) is 5.82. The highest BCUT2D eigenvalue weighted by molar-refractivity contribution is 7.13. The fraction of sp³-hybridized carbons (Fsp3) is 0.200. The van der Waals surface area contributed by atoms with Gasteiger partial charge in [0.2, 0.25) is 0 Å². The summed E-state index contributed by atoms with van der Waals surface area (Å²) in [6.07, 6.45) is 0. The molecule has 1 fully saturated rings. The molecule has 0 atom stereocenters. The van der Waals surface area contributed by atoms with Crippen molar-refractivity contribution in [3.63, 3.8) is 0 Å². The molecule has 2 aromatic heterocycles. The molecule has 3 aromatic rings. The number of hydrogen-bond donors (Lipinski definition) is 1. The Morgan fingerprint density at radius 3 is 2.45 bits per heavy atom. The number of pyridine rings is 1. The second-order valence-electron chi connectivity index (χ2n) is 6.62. The number of aromatic amines is 1. The van der Waals surface area contributed by atoms with E-state index < -0.39 is 10.5 Å². The van der Waals surface area contributed by atoms with Crippen LogP contribution in [0.3, 0.4) is 0 Å². The molecule has 1 aliphatic rings. The summed E-state index contributed by atoms with van der Waals surface area (Å²) in [5.74, 6) is -0.328. The molecule has 0 bridgehead atoms. The molecule has 148 valence electrons. The van der Waals surface area contributed by atoms with E-state index in [0.717, 1.165) is 4.88 Å². The highest BCUT2D eigenvalue weighted by Crippen LogP contribution is 2.28. The number of rotatable bonds is 4. The number of piperazine rings is 1. The van der Waals surface area contributed by atoms with E-state index in [0.29, 0.717) is 37.6 Å². The van der Waals surface area contributed by atoms with E-state index in [1.807, 2.05) is 22.4 Å². The quantitative estimate of drug-likeness (QED) is 0.527. The van der Waals surface area contributed by atoms with E-state index in [4.69, 9.17) is 0 Å². The Morgan fingerprint density at radius 2 is 1.79 bits per heavy atom. The Balaban J connectivity index is 1.47. The fourth-order valence-corrected chi connectivity index (χ4v) is 4.13. The van der Waals surface area contributed by atoms with Crippen molar-refractivity contribution < 1.29 is 9.72 Å². The highest BCUT2D eigenvalue weighted by Gasteiger charge is 2.27. The van der Waals surface area contributed by atoms with Crippen LogP contribution in [0.15, 0.2) is 58.7 Å². The zero-order chi connectivity index (χ0) is 20.4. The van der Waals surface area contributed by atoms with Crippen LogP contribution in [-0.2, 0) is 0 Å². The Morgan fingerprint density at radius 1 is 1.03 bits per heavy atom. The van der Waals surface area contributed by atoms with Gasteiger partial charge in [-0.1, -0.05) is 18.2 Å². The van der Waals surface area contributed by atoms with E-state index in [2.05, 4.69) is 4.98 Å². The van der Waals surface area contributed by atoms with Crippen molar-refractivity contribution in [3.05, 3.63) is 79.9 Å². The molecule has 0 spiro atoms. The molecule has 0 aliphatic carbocycles. The fourth-order valence-electron chi connectivity index (χ4n) is 3.42. The maximum Gasteiger partial charge on any atom is 0.292 e. The number of anilines is 1. The number of aromatic nitrogens is 1. The van der Waals surface area contributed by atoms with E-state index in [1.54, 1.807) is 35.2 Å². The minimum absolute atomic E-state index is 0.0490. The van der Waals surface area contributed by atoms with Gasteiger partial charge in [0.1, 0.15) is 11.3 Å². The Hall–Kier alpha value is -3.46. The summed E-state index contributed by atoms with van der Waals surface area (Å²) >= 11 is 1.51. The number of carbonyl (C=O) groups excluding carboxylic acids is 1. The topological polar surface area (TPSA) is 99.6 Å². The van der Waals surface area contributed by atoms with Gasteiger partial charge in [0.15, 0.2) is 0 Å². The number of amides is 1. The third kappa shape index (κ3) is 3.77. The van der Waals surface area contributed by atoms with Crippen molar-refractivity contribution >= 4 is 28.6 Å². The minimum atomic E-state index is -0.415. The second kappa shape index (κ2) is 7.88. The first kappa shape index (κ1) is 18.9. The lowest BCUT2D eigenvalue weighted by molar-refractivity contribution is -0.384. The lowest BCUT2D eigenvalue weighted by atomic mass is 10.1. The molecule has 1 N–H and O–H groups in total. The summed E-state index contributed by atoms with van der Waals surface area (Å²) in [5, 5.41) is 13.2. The predicted molar refractivity (Wildman–Crippen MR) is 112 cm³/mol. The van der Waals surface area contributed by atoms with Gasteiger partial charge in [-0.05, 0) is 29.6 Å². The molecule has 1 aromatic carbocycles. The van der Waals surface area contributed by atoms with E-state index in [-0.39, 0.29) is 17.2 Å². The van der Waals surface area contributed by atoms with Gasteiger partial charge >= 0.3 is 0 Å². The summed E-state index contributed by atoms with van der Waals surface area (Å²) in [5.41, 5.74) is 0.963. The summed E-state index contributed by atoms with van der Waals surface area (Å²) in [4.78, 5) is 43.3. The van der Waals surface area contributed by atoms with Crippen LogP contribution in [0.5, 0.6) is 0 Å². The Kier molecular flexibility index (Phi) is 5.13. The monoisotopic (exact) mass is 410 g/mol. The largest absolute Gasteiger partial charge is 0.362 e. The van der Waals surface area contributed by atoms with Crippen LogP contribution in [-0.4, -0.2) is 46.9 Å². The number of nitrogens with one attached hydrogen (secondary N) is 1. The lowest BCUT2D eigenvalue weighted by Gasteiger charge is -2.35. The summed E-state index contributed by atoms with van der Waals surface area (Å²) in [6.45, 7) is 1.69. The minimum Gasteiger partial charge on any atom is -0.362 e. The summed E-state index contributed by atoms with van der Waals surface area (Å²) in [7, 11) is 0. The normalized spacial score (nSPS) is 14.1. The van der Waals surface area contributed by atoms with Crippen molar-refractivity contribution in [1.29, 1.82) is 0 Å². The van der Waals surface area contributed by atoms with Crippen molar-refractivity contribution in [2.45, 2.75) is 0 Å². The third-order valence-electron chi connectivity index (χ3n) is 4.91. The predicted octanol–water partition coefficient (Wildman–Crippen LogP) is 2.97. The lowest BCUT2D eigenvalue weighted by Crippen LogP contribution is -2.49. The van der Waals surface area contributed by atoms with Crippen molar-refractivity contribution in [2.24, 2.45) is 0 Å². The molecule has 4 rings (SSSR count). The van der Waals surface area contributed by atoms with Crippen LogP contribution in [0.4, 0.5) is 11.4 Å². The zero-order valence-corrected chi connectivity index (χ0v) is 16.2. The maximum absolute atomic E-state index is 12.8. The molecule has 1 amide bonds. The first-order valence-electron chi connectivity index (χ1n) is 9.09. The van der Waals surface area contributed by atoms with Crippen LogP contribution < -0.4 is 10.5 Å². The number of nitrogens with zero attached hydrogens (tertiary/aromatic N) is 3. The van der Waals surface area contributed by atoms with Gasteiger partial charge in [0, 0.05) is 32.2 Å². The molecular weight excluding hydrogens is 392 g/mol. The number of nitro benzene ring substituents is 1. The zero-order valence-electron chi connectivity index (χ0n) is 15.4. The van der Waals surface area contributed by atoms with E-state index in [9.17, 15) is 19.7 Å². The highest BCUT2D eigenvalue weighted by atomic mass is 32.1. The molecule has 9 heteroatoms. The van der Waals surface area contributed by atoms with Gasteiger partial charge in [-0.3, -0.25) is 19.7 Å². The van der Waals surface area contributed by atoms with Gasteiger partial charge in [0.25, 0.3) is 17.2 Å². The summed E-state index contributed by atoms with van der Waals surface area (Å²) in [6, 6.07) is 13.7. The molecule has 29 heavy (non-hydrogen) atoms.